The van der Waals surface area contributed by atoms with Crippen molar-refractivity contribution < 1.29 is 33.0 Å². The molecule has 0 aliphatic carbocycles. The summed E-state index contributed by atoms with van der Waals surface area (Å²) >= 11 is 0. The molecule has 0 amide bonds. The Labute approximate surface area is 227 Å². The third-order valence-corrected chi connectivity index (χ3v) is 6.07. The molecule has 0 aliphatic rings. The van der Waals surface area contributed by atoms with Crippen LogP contribution in [0.15, 0.2) is 89.4 Å². The molecule has 0 saturated heterocycles. The van der Waals surface area contributed by atoms with Crippen molar-refractivity contribution >= 4 is 22.9 Å². The van der Waals surface area contributed by atoms with E-state index in [1.54, 1.807) is 31.2 Å². The lowest BCUT2D eigenvalue weighted by Crippen LogP contribution is -2.26. The second-order valence-corrected chi connectivity index (χ2v) is 9.15. The number of hydrogen-bond acceptors (Lipinski definition) is 7. The number of furan rings is 1. The van der Waals surface area contributed by atoms with Crippen molar-refractivity contribution in [3.05, 3.63) is 90.5 Å². The van der Waals surface area contributed by atoms with Crippen LogP contribution in [0.25, 0.3) is 22.3 Å². The average molecular weight is 529 g/mol. The van der Waals surface area contributed by atoms with E-state index in [0.29, 0.717) is 17.9 Å². The highest BCUT2D eigenvalue weighted by atomic mass is 16.7. The number of carbonyl (C=O) groups is 2. The SMILES string of the molecule is C=C(C)C(=O)OC(CCCCC)Oc1ccc(OC)cc1C(=O)Oc1ccc(-c2cc3ccccc3o2)cc1. The molecule has 4 aromatic rings. The van der Waals surface area contributed by atoms with Crippen LogP contribution in [0, 0.1) is 0 Å². The number of methoxy groups -OCH3 is 1. The van der Waals surface area contributed by atoms with E-state index in [2.05, 4.69) is 13.5 Å². The zero-order valence-electron chi connectivity index (χ0n) is 22.4. The van der Waals surface area contributed by atoms with Gasteiger partial charge < -0.3 is 23.4 Å². The third kappa shape index (κ3) is 7.08. The summed E-state index contributed by atoms with van der Waals surface area (Å²) in [6.45, 7) is 7.29. The van der Waals surface area contributed by atoms with Gasteiger partial charge in [-0.1, -0.05) is 44.5 Å². The lowest BCUT2D eigenvalue weighted by molar-refractivity contribution is -0.159. The fourth-order valence-corrected chi connectivity index (χ4v) is 3.94. The number of unbranched alkanes of at least 4 members (excludes halogenated alkanes) is 2. The number of rotatable bonds is 12. The maximum Gasteiger partial charge on any atom is 0.347 e. The van der Waals surface area contributed by atoms with E-state index in [0.717, 1.165) is 41.6 Å². The molecule has 0 radical (unpaired) electrons. The van der Waals surface area contributed by atoms with Gasteiger partial charge in [-0.2, -0.15) is 0 Å². The van der Waals surface area contributed by atoms with Crippen LogP contribution in [0.5, 0.6) is 17.2 Å². The maximum atomic E-state index is 13.2. The first kappa shape index (κ1) is 27.5. The predicted molar refractivity (Wildman–Crippen MR) is 149 cm³/mol. The average Bonchev–Trinajstić information content (AvgIpc) is 3.38. The molecule has 0 saturated carbocycles. The Hall–Kier alpha value is -4.52. The molecule has 1 aromatic heterocycles. The maximum absolute atomic E-state index is 13.2. The van der Waals surface area contributed by atoms with Gasteiger partial charge in [0.2, 0.25) is 6.29 Å². The first-order valence-corrected chi connectivity index (χ1v) is 12.9. The van der Waals surface area contributed by atoms with Crippen LogP contribution < -0.4 is 14.2 Å². The zero-order chi connectivity index (χ0) is 27.8. The summed E-state index contributed by atoms with van der Waals surface area (Å²) in [5.74, 6) is 0.544. The molecule has 202 valence electrons. The normalized spacial score (nSPS) is 11.6. The molecule has 1 atom stereocenters. The largest absolute Gasteiger partial charge is 0.497 e. The molecule has 0 N–H and O–H groups in total. The van der Waals surface area contributed by atoms with Gasteiger partial charge in [-0.3, -0.25) is 0 Å². The summed E-state index contributed by atoms with van der Waals surface area (Å²) in [5.41, 5.74) is 2.06. The molecule has 7 heteroatoms. The monoisotopic (exact) mass is 528 g/mol. The quantitative estimate of drug-likeness (QED) is 0.0611. The number of hydrogen-bond donors (Lipinski definition) is 0. The van der Waals surface area contributed by atoms with Crippen molar-refractivity contribution in [1.29, 1.82) is 0 Å². The van der Waals surface area contributed by atoms with Gasteiger partial charge in [-0.05, 0) is 67.9 Å². The van der Waals surface area contributed by atoms with Gasteiger partial charge >= 0.3 is 11.9 Å². The Balaban J connectivity index is 1.53. The fraction of sp³-hybridized carbons (Fsp3) is 0.250. The molecule has 0 aliphatic heterocycles. The van der Waals surface area contributed by atoms with Crippen LogP contribution in [-0.2, 0) is 9.53 Å². The Morgan fingerprint density at radius 1 is 0.949 bits per heavy atom. The molecular weight excluding hydrogens is 496 g/mol. The molecule has 0 spiro atoms. The third-order valence-electron chi connectivity index (χ3n) is 6.07. The second kappa shape index (κ2) is 12.8. The zero-order valence-corrected chi connectivity index (χ0v) is 22.4. The summed E-state index contributed by atoms with van der Waals surface area (Å²) in [5, 5.41) is 1.01. The molecule has 3 aromatic carbocycles. The number of fused-ring (bicyclic) bond motifs is 1. The van der Waals surface area contributed by atoms with Crippen molar-refractivity contribution in [1.82, 2.24) is 0 Å². The van der Waals surface area contributed by atoms with Crippen LogP contribution in [0.1, 0.15) is 49.9 Å². The highest BCUT2D eigenvalue weighted by molar-refractivity contribution is 5.94. The van der Waals surface area contributed by atoms with Gasteiger partial charge in [-0.25, -0.2) is 9.59 Å². The minimum absolute atomic E-state index is 0.141. The number of carbonyl (C=O) groups excluding carboxylic acids is 2. The van der Waals surface area contributed by atoms with E-state index in [-0.39, 0.29) is 16.9 Å². The van der Waals surface area contributed by atoms with Gasteiger partial charge in [0.1, 0.15) is 34.2 Å². The van der Waals surface area contributed by atoms with E-state index in [4.69, 9.17) is 23.4 Å². The minimum Gasteiger partial charge on any atom is -0.497 e. The molecule has 0 bridgehead atoms. The molecule has 0 fully saturated rings. The molecule has 4 rings (SSSR count). The van der Waals surface area contributed by atoms with Crippen LogP contribution in [0.3, 0.4) is 0 Å². The van der Waals surface area contributed by atoms with Crippen LogP contribution in [-0.4, -0.2) is 25.3 Å². The smallest absolute Gasteiger partial charge is 0.347 e. The summed E-state index contributed by atoms with van der Waals surface area (Å²) < 4.78 is 28.4. The van der Waals surface area contributed by atoms with Crippen LogP contribution in [0.2, 0.25) is 0 Å². The molecule has 1 heterocycles. The molecule has 7 nitrogen and oxygen atoms in total. The Bertz CT molecular complexity index is 1420. The van der Waals surface area contributed by atoms with E-state index in [1.807, 2.05) is 42.5 Å². The van der Waals surface area contributed by atoms with E-state index in [1.165, 1.54) is 13.2 Å². The summed E-state index contributed by atoms with van der Waals surface area (Å²) in [6.07, 6.45) is 2.32. The van der Waals surface area contributed by atoms with Gasteiger partial charge in [-0.15, -0.1) is 0 Å². The number of benzene rings is 3. The fourth-order valence-electron chi connectivity index (χ4n) is 3.94. The number of ether oxygens (including phenoxy) is 4. The summed E-state index contributed by atoms with van der Waals surface area (Å²) in [6, 6.07) is 21.6. The predicted octanol–water partition coefficient (Wildman–Crippen LogP) is 7.73. The highest BCUT2D eigenvalue weighted by Crippen LogP contribution is 2.31. The topological polar surface area (TPSA) is 84.2 Å². The standard InChI is InChI=1S/C32H32O7/c1-5-6-7-12-30(39-31(33)21(2)3)38-28-18-17-25(35-4)20-26(28)32(34)36-24-15-13-22(14-16-24)29-19-23-10-8-9-11-27(23)37-29/h8-11,13-20,30H,2,5-7,12H2,1,3-4H3. The first-order chi connectivity index (χ1) is 18.9. The van der Waals surface area contributed by atoms with Crippen molar-refractivity contribution in [2.24, 2.45) is 0 Å². The van der Waals surface area contributed by atoms with E-state index >= 15 is 0 Å². The molecule has 39 heavy (non-hydrogen) atoms. The van der Waals surface area contributed by atoms with Gasteiger partial charge in [0.15, 0.2) is 0 Å². The molecule has 1 unspecified atom stereocenters. The number of esters is 2. The Morgan fingerprint density at radius 2 is 1.69 bits per heavy atom. The summed E-state index contributed by atoms with van der Waals surface area (Å²) in [4.78, 5) is 25.4. The van der Waals surface area contributed by atoms with Gasteiger partial charge in [0.25, 0.3) is 0 Å². The lowest BCUT2D eigenvalue weighted by Gasteiger charge is -2.21. The lowest BCUT2D eigenvalue weighted by atomic mass is 10.1. The first-order valence-electron chi connectivity index (χ1n) is 12.9. The summed E-state index contributed by atoms with van der Waals surface area (Å²) in [7, 11) is 1.50. The van der Waals surface area contributed by atoms with Crippen molar-refractivity contribution in [2.75, 3.05) is 7.11 Å². The Morgan fingerprint density at radius 3 is 2.38 bits per heavy atom. The molecular formula is C32H32O7. The van der Waals surface area contributed by atoms with E-state index < -0.39 is 18.2 Å². The minimum atomic E-state index is -0.885. The second-order valence-electron chi connectivity index (χ2n) is 9.15. The van der Waals surface area contributed by atoms with E-state index in [9.17, 15) is 9.59 Å². The Kier molecular flexibility index (Phi) is 9.05. The van der Waals surface area contributed by atoms with Crippen LogP contribution >= 0.6 is 0 Å². The van der Waals surface area contributed by atoms with Crippen molar-refractivity contribution in [2.45, 2.75) is 45.8 Å². The van der Waals surface area contributed by atoms with Crippen molar-refractivity contribution in [3.8, 4) is 28.6 Å². The van der Waals surface area contributed by atoms with Gasteiger partial charge in [0.05, 0.1) is 7.11 Å². The van der Waals surface area contributed by atoms with Crippen molar-refractivity contribution in [3.63, 3.8) is 0 Å². The number of para-hydroxylation sites is 1. The highest BCUT2D eigenvalue weighted by Gasteiger charge is 2.22. The van der Waals surface area contributed by atoms with Gasteiger partial charge in [0, 0.05) is 22.9 Å². The van der Waals surface area contributed by atoms with Crippen LogP contribution in [0.4, 0.5) is 0 Å².